The maximum atomic E-state index is 4.84. The minimum atomic E-state index is 0.481. The summed E-state index contributed by atoms with van der Waals surface area (Å²) in [6.07, 6.45) is 17.0. The predicted octanol–water partition coefficient (Wildman–Crippen LogP) is 5.26. The van der Waals surface area contributed by atoms with Crippen molar-refractivity contribution >= 4 is 17.8 Å². The number of hydrogen-bond acceptors (Lipinski definition) is 6. The summed E-state index contributed by atoms with van der Waals surface area (Å²) in [6, 6.07) is 4.74. The minimum absolute atomic E-state index is 0.481. The second kappa shape index (κ2) is 11.2. The average Bonchev–Trinajstić information content (AvgIpc) is 2.82. The first-order chi connectivity index (χ1) is 15.3. The van der Waals surface area contributed by atoms with Crippen molar-refractivity contribution in [1.29, 1.82) is 0 Å². The van der Waals surface area contributed by atoms with Crippen molar-refractivity contribution in [3.8, 4) is 11.3 Å². The summed E-state index contributed by atoms with van der Waals surface area (Å²) in [5.41, 5.74) is 4.57. The number of nitrogens with zero attached hydrogens (tertiary/aromatic N) is 3. The Bertz CT molecular complexity index is 847. The molecule has 1 saturated carbocycles. The summed E-state index contributed by atoms with van der Waals surface area (Å²) in [4.78, 5) is 14.2. The van der Waals surface area contributed by atoms with Crippen molar-refractivity contribution < 1.29 is 0 Å². The molecular weight excluding hydrogens is 384 g/mol. The van der Waals surface area contributed by atoms with Crippen LogP contribution in [0.5, 0.6) is 0 Å². The van der Waals surface area contributed by atoms with E-state index in [-0.39, 0.29) is 0 Å². The molecule has 0 radical (unpaired) electrons. The number of unbranched alkanes of at least 4 members (excludes halogenated alkanes) is 1. The molecule has 1 aliphatic carbocycles. The van der Waals surface area contributed by atoms with Gasteiger partial charge in [-0.15, -0.1) is 0 Å². The van der Waals surface area contributed by atoms with Crippen LogP contribution in [0.3, 0.4) is 0 Å². The molecule has 31 heavy (non-hydrogen) atoms. The number of piperidine rings is 1. The Morgan fingerprint density at radius 2 is 1.90 bits per heavy atom. The third kappa shape index (κ3) is 6.26. The van der Waals surface area contributed by atoms with Gasteiger partial charge in [-0.05, 0) is 56.8 Å². The first-order valence-electron chi connectivity index (χ1n) is 12.1. The highest BCUT2D eigenvalue weighted by molar-refractivity contribution is 5.73. The van der Waals surface area contributed by atoms with E-state index in [1.807, 2.05) is 12.4 Å². The quantitative estimate of drug-likeness (QED) is 0.506. The highest BCUT2D eigenvalue weighted by Crippen LogP contribution is 2.29. The Kier molecular flexibility index (Phi) is 7.88. The van der Waals surface area contributed by atoms with Gasteiger partial charge in [-0.25, -0.2) is 4.98 Å². The Balaban J connectivity index is 1.54. The van der Waals surface area contributed by atoms with Gasteiger partial charge in [-0.1, -0.05) is 50.3 Å². The Morgan fingerprint density at radius 1 is 1.06 bits per heavy atom. The van der Waals surface area contributed by atoms with Crippen molar-refractivity contribution in [2.45, 2.75) is 70.8 Å². The molecule has 0 spiro atoms. The van der Waals surface area contributed by atoms with Gasteiger partial charge in [0.15, 0.2) is 0 Å². The van der Waals surface area contributed by atoms with Crippen molar-refractivity contribution in [3.63, 3.8) is 0 Å². The van der Waals surface area contributed by atoms with Crippen LogP contribution >= 0.6 is 0 Å². The van der Waals surface area contributed by atoms with Gasteiger partial charge in [0, 0.05) is 25.0 Å². The van der Waals surface area contributed by atoms with Gasteiger partial charge in [0.2, 0.25) is 5.95 Å². The number of rotatable bonds is 8. The maximum Gasteiger partial charge on any atom is 0.224 e. The lowest BCUT2D eigenvalue weighted by molar-refractivity contribution is 0.462. The van der Waals surface area contributed by atoms with Crippen LogP contribution in [0.4, 0.5) is 11.8 Å². The van der Waals surface area contributed by atoms with Gasteiger partial charge in [0.1, 0.15) is 5.82 Å². The standard InChI is InChI=1S/C25H36N6/c1-2-3-13-27-25-29-18-22(24(31-25)30-21-7-5-4-6-8-21)23-10-9-20(17-28-23)16-19-11-14-26-15-12-19/h9-10,16-18,21,26H,2-8,11-15H2,1H3,(H2,27,29,30,31). The molecule has 3 heterocycles. The van der Waals surface area contributed by atoms with Crippen LogP contribution in [0.15, 0.2) is 30.1 Å². The molecular formula is C25H36N6. The molecule has 2 fully saturated rings. The maximum absolute atomic E-state index is 4.84. The van der Waals surface area contributed by atoms with Gasteiger partial charge in [0.05, 0.1) is 11.3 Å². The van der Waals surface area contributed by atoms with Crippen molar-refractivity contribution in [2.75, 3.05) is 30.3 Å². The molecule has 166 valence electrons. The van der Waals surface area contributed by atoms with E-state index in [1.165, 1.54) is 43.2 Å². The van der Waals surface area contributed by atoms with E-state index >= 15 is 0 Å². The van der Waals surface area contributed by atoms with Gasteiger partial charge < -0.3 is 16.0 Å². The topological polar surface area (TPSA) is 74.8 Å². The van der Waals surface area contributed by atoms with E-state index < -0.39 is 0 Å². The fraction of sp³-hybridized carbons (Fsp3) is 0.560. The molecule has 6 heteroatoms. The number of aromatic nitrogens is 3. The highest BCUT2D eigenvalue weighted by Gasteiger charge is 2.18. The van der Waals surface area contributed by atoms with Crippen LogP contribution in [-0.2, 0) is 0 Å². The van der Waals surface area contributed by atoms with Crippen LogP contribution < -0.4 is 16.0 Å². The highest BCUT2D eigenvalue weighted by atomic mass is 15.1. The largest absolute Gasteiger partial charge is 0.367 e. The van der Waals surface area contributed by atoms with Gasteiger partial charge in [-0.2, -0.15) is 4.98 Å². The lowest BCUT2D eigenvalue weighted by Gasteiger charge is -2.24. The molecule has 2 aromatic heterocycles. The number of pyridine rings is 1. The zero-order valence-electron chi connectivity index (χ0n) is 18.8. The Labute approximate surface area is 186 Å². The van der Waals surface area contributed by atoms with Crippen molar-refractivity contribution in [1.82, 2.24) is 20.3 Å². The van der Waals surface area contributed by atoms with E-state index in [9.17, 15) is 0 Å². The summed E-state index contributed by atoms with van der Waals surface area (Å²) < 4.78 is 0. The Hall–Kier alpha value is -2.47. The monoisotopic (exact) mass is 420 g/mol. The summed E-state index contributed by atoms with van der Waals surface area (Å²) in [5, 5.41) is 10.5. The van der Waals surface area contributed by atoms with E-state index in [0.717, 1.165) is 62.4 Å². The first kappa shape index (κ1) is 21.8. The zero-order chi connectivity index (χ0) is 21.3. The Morgan fingerprint density at radius 3 is 2.65 bits per heavy atom. The zero-order valence-corrected chi connectivity index (χ0v) is 18.8. The molecule has 0 bridgehead atoms. The molecule has 1 aliphatic heterocycles. The summed E-state index contributed by atoms with van der Waals surface area (Å²) >= 11 is 0. The van der Waals surface area contributed by atoms with Gasteiger partial charge in [0.25, 0.3) is 0 Å². The molecule has 1 saturated heterocycles. The number of nitrogens with one attached hydrogen (secondary N) is 3. The molecule has 0 unspecified atom stereocenters. The van der Waals surface area contributed by atoms with Crippen LogP contribution in [0, 0.1) is 0 Å². The minimum Gasteiger partial charge on any atom is -0.367 e. The average molecular weight is 421 g/mol. The third-order valence-corrected chi connectivity index (χ3v) is 6.23. The molecule has 0 aromatic carbocycles. The second-order valence-electron chi connectivity index (χ2n) is 8.74. The molecule has 0 amide bonds. The van der Waals surface area contributed by atoms with E-state index in [0.29, 0.717) is 12.0 Å². The van der Waals surface area contributed by atoms with Crippen LogP contribution in [0.1, 0.15) is 70.3 Å². The fourth-order valence-electron chi connectivity index (χ4n) is 4.36. The molecule has 3 N–H and O–H groups in total. The number of anilines is 2. The van der Waals surface area contributed by atoms with Crippen LogP contribution in [0.25, 0.3) is 17.3 Å². The molecule has 2 aliphatic rings. The van der Waals surface area contributed by atoms with Crippen molar-refractivity contribution in [2.24, 2.45) is 0 Å². The summed E-state index contributed by atoms with van der Waals surface area (Å²) in [6.45, 7) is 5.24. The van der Waals surface area contributed by atoms with Gasteiger partial charge >= 0.3 is 0 Å². The second-order valence-corrected chi connectivity index (χ2v) is 8.74. The number of hydrogen-bond donors (Lipinski definition) is 3. The first-order valence-corrected chi connectivity index (χ1v) is 12.1. The molecule has 2 aromatic rings. The normalized spacial score (nSPS) is 17.4. The lowest BCUT2D eigenvalue weighted by atomic mass is 9.95. The third-order valence-electron chi connectivity index (χ3n) is 6.23. The lowest BCUT2D eigenvalue weighted by Crippen LogP contribution is -2.23. The van der Waals surface area contributed by atoms with Crippen LogP contribution in [0.2, 0.25) is 0 Å². The molecule has 6 nitrogen and oxygen atoms in total. The molecule has 0 atom stereocenters. The molecule has 4 rings (SSSR count). The van der Waals surface area contributed by atoms with E-state index in [1.54, 1.807) is 0 Å². The fourth-order valence-corrected chi connectivity index (χ4v) is 4.36. The SMILES string of the molecule is CCCCNc1ncc(-c2ccc(C=C3CCNCC3)cn2)c(NC2CCCCC2)n1. The summed E-state index contributed by atoms with van der Waals surface area (Å²) in [7, 11) is 0. The predicted molar refractivity (Wildman–Crippen MR) is 129 cm³/mol. The van der Waals surface area contributed by atoms with Crippen LogP contribution in [-0.4, -0.2) is 40.6 Å². The van der Waals surface area contributed by atoms with E-state index in [4.69, 9.17) is 9.97 Å². The van der Waals surface area contributed by atoms with Crippen molar-refractivity contribution in [3.05, 3.63) is 35.7 Å². The van der Waals surface area contributed by atoms with E-state index in [2.05, 4.69) is 46.1 Å². The van der Waals surface area contributed by atoms with Gasteiger partial charge in [-0.3, -0.25) is 4.98 Å². The summed E-state index contributed by atoms with van der Waals surface area (Å²) in [5.74, 6) is 1.60. The smallest absolute Gasteiger partial charge is 0.224 e.